The van der Waals surface area contributed by atoms with E-state index in [1.165, 1.54) is 18.1 Å². The van der Waals surface area contributed by atoms with Gasteiger partial charge in [-0.2, -0.15) is 0 Å². The number of carbonyl (C=O) groups is 2. The summed E-state index contributed by atoms with van der Waals surface area (Å²) in [4.78, 5) is 27.2. The van der Waals surface area contributed by atoms with E-state index in [0.717, 1.165) is 18.7 Å². The Morgan fingerprint density at radius 1 is 1.11 bits per heavy atom. The van der Waals surface area contributed by atoms with Crippen LogP contribution in [0.25, 0.3) is 0 Å². The molecular weight excluding hydrogens is 358 g/mol. The second-order valence-electron chi connectivity index (χ2n) is 7.09. The molecule has 3 rings (SSSR count). The summed E-state index contributed by atoms with van der Waals surface area (Å²) in [6, 6.07) is 8.88. The topological polar surface area (TPSA) is 83.8 Å². The molecule has 1 aromatic heterocycles. The summed E-state index contributed by atoms with van der Waals surface area (Å²) in [5, 5.41) is 5.80. The van der Waals surface area contributed by atoms with E-state index in [4.69, 9.17) is 9.15 Å². The third-order valence-corrected chi connectivity index (χ3v) is 4.86. The quantitative estimate of drug-likeness (QED) is 0.761. The Morgan fingerprint density at radius 2 is 1.82 bits per heavy atom. The predicted molar refractivity (Wildman–Crippen MR) is 105 cm³/mol. The van der Waals surface area contributed by atoms with Crippen LogP contribution in [0.3, 0.4) is 0 Å². The fourth-order valence-corrected chi connectivity index (χ4v) is 3.11. The summed E-state index contributed by atoms with van der Waals surface area (Å²) in [5.74, 6) is -0.563. The summed E-state index contributed by atoms with van der Waals surface area (Å²) < 4.78 is 10.3. The molecule has 0 spiro atoms. The SMILES string of the molecule is Cc1ccc([C@H](CN2CCOCC2)NC(=O)[C@H](C)NC(=O)c2ccoc2)cc1. The van der Waals surface area contributed by atoms with E-state index in [-0.39, 0.29) is 17.9 Å². The van der Waals surface area contributed by atoms with Crippen LogP contribution in [0, 0.1) is 6.92 Å². The van der Waals surface area contributed by atoms with Crippen molar-refractivity contribution >= 4 is 11.8 Å². The average molecular weight is 385 g/mol. The van der Waals surface area contributed by atoms with E-state index >= 15 is 0 Å². The minimum Gasteiger partial charge on any atom is -0.472 e. The highest BCUT2D eigenvalue weighted by Gasteiger charge is 2.24. The van der Waals surface area contributed by atoms with Crippen molar-refractivity contribution in [1.29, 1.82) is 0 Å². The fourth-order valence-electron chi connectivity index (χ4n) is 3.11. The molecule has 1 aliphatic heterocycles. The lowest BCUT2D eigenvalue weighted by atomic mass is 10.0. The van der Waals surface area contributed by atoms with Crippen molar-refractivity contribution in [2.45, 2.75) is 25.9 Å². The first-order valence-corrected chi connectivity index (χ1v) is 9.53. The van der Waals surface area contributed by atoms with Gasteiger partial charge in [0, 0.05) is 19.6 Å². The molecule has 1 saturated heterocycles. The molecule has 28 heavy (non-hydrogen) atoms. The van der Waals surface area contributed by atoms with Gasteiger partial charge in [0.2, 0.25) is 5.91 Å². The number of carbonyl (C=O) groups excluding carboxylic acids is 2. The molecule has 2 amide bonds. The van der Waals surface area contributed by atoms with E-state index in [0.29, 0.717) is 25.3 Å². The minimum absolute atomic E-state index is 0.167. The first kappa shape index (κ1) is 20.1. The molecule has 0 aliphatic carbocycles. The Hall–Kier alpha value is -2.64. The van der Waals surface area contributed by atoms with Gasteiger partial charge in [0.05, 0.1) is 31.1 Å². The van der Waals surface area contributed by atoms with Crippen LogP contribution >= 0.6 is 0 Å². The second kappa shape index (κ2) is 9.52. The number of hydrogen-bond acceptors (Lipinski definition) is 5. The van der Waals surface area contributed by atoms with Crippen molar-refractivity contribution in [3.05, 3.63) is 59.5 Å². The number of aryl methyl sites for hydroxylation is 1. The number of nitrogens with zero attached hydrogens (tertiary/aromatic N) is 1. The van der Waals surface area contributed by atoms with E-state index < -0.39 is 6.04 Å². The summed E-state index contributed by atoms with van der Waals surface area (Å²) in [5.41, 5.74) is 2.60. The molecule has 7 heteroatoms. The molecule has 2 heterocycles. The lowest BCUT2D eigenvalue weighted by molar-refractivity contribution is -0.123. The van der Waals surface area contributed by atoms with Gasteiger partial charge >= 0.3 is 0 Å². The predicted octanol–water partition coefficient (Wildman–Crippen LogP) is 1.90. The monoisotopic (exact) mass is 385 g/mol. The molecule has 2 aromatic rings. The second-order valence-corrected chi connectivity index (χ2v) is 7.09. The van der Waals surface area contributed by atoms with Crippen LogP contribution in [-0.2, 0) is 9.53 Å². The van der Waals surface area contributed by atoms with Crippen LogP contribution in [0.1, 0.15) is 34.5 Å². The maximum absolute atomic E-state index is 12.7. The highest BCUT2D eigenvalue weighted by molar-refractivity contribution is 5.97. The van der Waals surface area contributed by atoms with Crippen molar-refractivity contribution in [3.63, 3.8) is 0 Å². The molecule has 2 N–H and O–H groups in total. The molecule has 0 saturated carbocycles. The number of rotatable bonds is 7. The number of amides is 2. The van der Waals surface area contributed by atoms with Crippen molar-refractivity contribution in [2.24, 2.45) is 0 Å². The van der Waals surface area contributed by atoms with Gasteiger partial charge in [0.15, 0.2) is 0 Å². The van der Waals surface area contributed by atoms with Gasteiger partial charge < -0.3 is 19.8 Å². The number of hydrogen-bond donors (Lipinski definition) is 2. The van der Waals surface area contributed by atoms with Crippen LogP contribution in [-0.4, -0.2) is 55.6 Å². The maximum atomic E-state index is 12.7. The third-order valence-electron chi connectivity index (χ3n) is 4.86. The van der Waals surface area contributed by atoms with Crippen molar-refractivity contribution < 1.29 is 18.7 Å². The molecule has 0 radical (unpaired) electrons. The molecule has 0 unspecified atom stereocenters. The molecule has 1 aliphatic rings. The fraction of sp³-hybridized carbons (Fsp3) is 0.429. The number of ether oxygens (including phenoxy) is 1. The number of benzene rings is 1. The molecule has 150 valence electrons. The average Bonchev–Trinajstić information content (AvgIpc) is 3.24. The number of morpholine rings is 1. The lowest BCUT2D eigenvalue weighted by Crippen LogP contribution is -2.49. The van der Waals surface area contributed by atoms with Crippen LogP contribution in [0.2, 0.25) is 0 Å². The van der Waals surface area contributed by atoms with Gasteiger partial charge in [-0.1, -0.05) is 29.8 Å². The van der Waals surface area contributed by atoms with Gasteiger partial charge in [-0.3, -0.25) is 14.5 Å². The third kappa shape index (κ3) is 5.43. The summed E-state index contributed by atoms with van der Waals surface area (Å²) in [6.07, 6.45) is 2.78. The largest absolute Gasteiger partial charge is 0.472 e. The van der Waals surface area contributed by atoms with E-state index in [1.807, 2.05) is 31.2 Å². The van der Waals surface area contributed by atoms with Crippen LogP contribution in [0.4, 0.5) is 0 Å². The Labute approximate surface area is 165 Å². The van der Waals surface area contributed by atoms with E-state index in [2.05, 4.69) is 15.5 Å². The van der Waals surface area contributed by atoms with Crippen molar-refractivity contribution in [3.8, 4) is 0 Å². The highest BCUT2D eigenvalue weighted by atomic mass is 16.5. The highest BCUT2D eigenvalue weighted by Crippen LogP contribution is 2.17. The number of nitrogens with one attached hydrogen (secondary N) is 2. The van der Waals surface area contributed by atoms with Gasteiger partial charge in [0.25, 0.3) is 5.91 Å². The zero-order valence-electron chi connectivity index (χ0n) is 16.3. The van der Waals surface area contributed by atoms with Gasteiger partial charge in [-0.15, -0.1) is 0 Å². The molecule has 2 atom stereocenters. The van der Waals surface area contributed by atoms with Gasteiger partial charge in [-0.05, 0) is 25.5 Å². The smallest absolute Gasteiger partial charge is 0.255 e. The Bertz CT molecular complexity index is 767. The molecule has 0 bridgehead atoms. The zero-order chi connectivity index (χ0) is 19.9. The molecule has 7 nitrogen and oxygen atoms in total. The number of furan rings is 1. The Balaban J connectivity index is 1.65. The van der Waals surface area contributed by atoms with Crippen LogP contribution in [0.15, 0.2) is 47.3 Å². The first-order chi connectivity index (χ1) is 13.5. The van der Waals surface area contributed by atoms with Crippen molar-refractivity contribution in [2.75, 3.05) is 32.8 Å². The van der Waals surface area contributed by atoms with E-state index in [9.17, 15) is 9.59 Å². The molecule has 1 aromatic carbocycles. The minimum atomic E-state index is -0.667. The van der Waals surface area contributed by atoms with Gasteiger partial charge in [-0.25, -0.2) is 0 Å². The van der Waals surface area contributed by atoms with Gasteiger partial charge in [0.1, 0.15) is 12.3 Å². The maximum Gasteiger partial charge on any atom is 0.255 e. The Morgan fingerprint density at radius 3 is 2.46 bits per heavy atom. The summed E-state index contributed by atoms with van der Waals surface area (Å²) >= 11 is 0. The first-order valence-electron chi connectivity index (χ1n) is 9.53. The standard InChI is InChI=1S/C21H27N3O4/c1-15-3-5-17(6-4-15)19(13-24-8-11-27-12-9-24)23-20(25)16(2)22-21(26)18-7-10-28-14-18/h3-7,10,14,16,19H,8-9,11-13H2,1-2H3,(H,22,26)(H,23,25)/t16-,19-/m0/s1. The molecular formula is C21H27N3O4. The zero-order valence-corrected chi connectivity index (χ0v) is 16.3. The lowest BCUT2D eigenvalue weighted by Gasteiger charge is -2.31. The molecule has 1 fully saturated rings. The van der Waals surface area contributed by atoms with Crippen molar-refractivity contribution in [1.82, 2.24) is 15.5 Å². The Kier molecular flexibility index (Phi) is 6.84. The normalized spacial score (nSPS) is 16.9. The summed E-state index contributed by atoms with van der Waals surface area (Å²) in [7, 11) is 0. The van der Waals surface area contributed by atoms with Crippen LogP contribution in [0.5, 0.6) is 0 Å². The van der Waals surface area contributed by atoms with Crippen LogP contribution < -0.4 is 10.6 Å². The summed E-state index contributed by atoms with van der Waals surface area (Å²) in [6.45, 7) is 7.48. The van der Waals surface area contributed by atoms with E-state index in [1.54, 1.807) is 13.0 Å².